The third-order valence-corrected chi connectivity index (χ3v) is 0. The van der Waals surface area contributed by atoms with Crippen LogP contribution in [0.3, 0.4) is 0 Å². The molecule has 0 bridgehead atoms. The molecule has 0 rings (SSSR count). The van der Waals surface area contributed by atoms with E-state index in [1.165, 1.54) is 0 Å². The maximum atomic E-state index is 0. The van der Waals surface area contributed by atoms with Gasteiger partial charge >= 0.3 is 0 Å². The molecule has 0 aromatic heterocycles. The quantitative estimate of drug-likeness (QED) is 0.362. The number of hydrogen-bond donors (Lipinski definition) is 0. The molecule has 0 aliphatic rings. The Morgan fingerprint density at radius 3 is 0.286 bits per heavy atom. The minimum absolute atomic E-state index is 0. The summed E-state index contributed by atoms with van der Waals surface area (Å²) in [5.41, 5.74) is 0. The molecule has 0 unspecified atom stereocenters. The second kappa shape index (κ2) is 68.6. The van der Waals surface area contributed by atoms with E-state index < -0.39 is 0 Å². The maximum Gasteiger partial charge on any atom is 0 e. The zero-order valence-electron chi connectivity index (χ0n) is 3.09. The van der Waals surface area contributed by atoms with Gasteiger partial charge in [-0.2, -0.15) is 0 Å². The Kier molecular flexibility index (Phi) is 952. The smallest absolute Gasteiger partial charge is 0 e. The third-order valence-electron chi connectivity index (χ3n) is 0. The average Bonchev–Trinajstić information content (AvgIpc) is 0. The van der Waals surface area contributed by atoms with Gasteiger partial charge in [0.25, 0.3) is 0 Å². The summed E-state index contributed by atoms with van der Waals surface area (Å²) in [5, 5.41) is 0. The summed E-state index contributed by atoms with van der Waals surface area (Å²) in [5.74, 6) is 0. The second-order valence-corrected chi connectivity index (χ2v) is 0. The van der Waals surface area contributed by atoms with Crippen molar-refractivity contribution < 1.29 is 21.1 Å². The molecule has 0 saturated heterocycles. The van der Waals surface area contributed by atoms with Crippen LogP contribution in [0.15, 0.2) is 0 Å². The molecule has 0 radical (unpaired) electrons. The summed E-state index contributed by atoms with van der Waals surface area (Å²) in [6.45, 7) is 0. The fourth-order valence-corrected chi connectivity index (χ4v) is 0. The monoisotopic (exact) mass is 382 g/mol. The van der Waals surface area contributed by atoms with Crippen molar-refractivity contribution in [2.24, 2.45) is 0 Å². The first-order valence-electron chi connectivity index (χ1n) is 0. The summed E-state index contributed by atoms with van der Waals surface area (Å²) < 4.78 is 0. The van der Waals surface area contributed by atoms with Crippen molar-refractivity contribution in [3.63, 3.8) is 0 Å². The van der Waals surface area contributed by atoms with Crippen LogP contribution < -0.4 is 0 Å². The molecule has 7 heavy (non-hydrogen) atoms. The molecule has 0 fully saturated rings. The SMILES string of the molecule is [SH-].[SH-].[SH-].[SH-].[SH-].[SH-].[W]. The molecule has 0 aliphatic carbocycles. The van der Waals surface area contributed by atoms with E-state index >= 15 is 0 Å². The molecule has 0 heterocycles. The van der Waals surface area contributed by atoms with E-state index in [9.17, 15) is 0 Å². The number of rotatable bonds is 0. The van der Waals surface area contributed by atoms with E-state index in [1.807, 2.05) is 0 Å². The maximum absolute atomic E-state index is 0. The Morgan fingerprint density at radius 1 is 0.286 bits per heavy atom. The summed E-state index contributed by atoms with van der Waals surface area (Å²) in [4.78, 5) is 0. The van der Waals surface area contributed by atoms with Crippen molar-refractivity contribution in [1.82, 2.24) is 0 Å². The van der Waals surface area contributed by atoms with Gasteiger partial charge in [-0.25, -0.2) is 0 Å². The van der Waals surface area contributed by atoms with Crippen LogP contribution in [0, 0.1) is 0 Å². The van der Waals surface area contributed by atoms with Gasteiger partial charge < -0.3 is 81.0 Å². The van der Waals surface area contributed by atoms with Crippen molar-refractivity contribution in [2.75, 3.05) is 0 Å². The molecule has 0 atom stereocenters. The Bertz CT molecular complexity index is 4.14. The Morgan fingerprint density at radius 2 is 0.286 bits per heavy atom. The predicted octanol–water partition coefficient (Wildman–Crippen LogP) is -1.62. The fraction of sp³-hybridized carbons (Fsp3) is 0. The predicted molar refractivity (Wildman–Crippen MR) is 52.6 cm³/mol. The van der Waals surface area contributed by atoms with Gasteiger partial charge in [-0.3, -0.25) is 0 Å². The van der Waals surface area contributed by atoms with Gasteiger partial charge in [-0.05, 0) is 0 Å². The van der Waals surface area contributed by atoms with E-state index in [0.717, 1.165) is 0 Å². The molecular formula is H6S6W-6. The number of thiol groups is 6. The Labute approximate surface area is 101 Å². The van der Waals surface area contributed by atoms with Crippen molar-refractivity contribution in [3.8, 4) is 0 Å². The van der Waals surface area contributed by atoms with Gasteiger partial charge in [0.1, 0.15) is 0 Å². The molecule has 0 spiro atoms. The third kappa shape index (κ3) is 52.1. The molecule has 0 aromatic carbocycles. The minimum atomic E-state index is 0. The van der Waals surface area contributed by atoms with Crippen LogP contribution in [0.5, 0.6) is 0 Å². The molecule has 0 aromatic rings. The normalized spacial score (nSPS) is 0. The first-order chi connectivity index (χ1) is 0. The standard InChI is InChI=1S/6H2S.W/h6*1H2;/p-6. The van der Waals surface area contributed by atoms with Gasteiger partial charge in [0, 0.05) is 21.1 Å². The van der Waals surface area contributed by atoms with Gasteiger partial charge in [0.05, 0.1) is 0 Å². The van der Waals surface area contributed by atoms with E-state index in [1.54, 1.807) is 0 Å². The topological polar surface area (TPSA) is 0 Å². The van der Waals surface area contributed by atoms with Gasteiger partial charge in [0.15, 0.2) is 0 Å². The summed E-state index contributed by atoms with van der Waals surface area (Å²) in [6, 6.07) is 0. The van der Waals surface area contributed by atoms with E-state index in [0.29, 0.717) is 0 Å². The molecule has 54 valence electrons. The summed E-state index contributed by atoms with van der Waals surface area (Å²) in [7, 11) is 0. The van der Waals surface area contributed by atoms with Crippen LogP contribution in [-0.2, 0) is 102 Å². The molecular weight excluding hydrogens is 376 g/mol. The molecule has 0 nitrogen and oxygen atoms in total. The zero-order chi connectivity index (χ0) is 0. The van der Waals surface area contributed by atoms with Gasteiger partial charge in [-0.1, -0.05) is 0 Å². The number of hydrogen-bond acceptors (Lipinski definition) is 6. The Hall–Kier alpha value is 2.79. The molecule has 0 saturated carbocycles. The van der Waals surface area contributed by atoms with Crippen LogP contribution in [-0.4, -0.2) is 0 Å². The van der Waals surface area contributed by atoms with Crippen molar-refractivity contribution >= 4 is 81.0 Å². The molecule has 0 N–H and O–H groups in total. The fourth-order valence-electron chi connectivity index (χ4n) is 0. The summed E-state index contributed by atoms with van der Waals surface area (Å²) >= 11 is 0. The first kappa shape index (κ1) is 97.2. The van der Waals surface area contributed by atoms with Crippen molar-refractivity contribution in [1.29, 1.82) is 0 Å². The second-order valence-electron chi connectivity index (χ2n) is 0. The summed E-state index contributed by atoms with van der Waals surface area (Å²) in [6.07, 6.45) is 0. The van der Waals surface area contributed by atoms with Crippen LogP contribution >= 0.6 is 0 Å². The average molecular weight is 382 g/mol. The van der Waals surface area contributed by atoms with Crippen LogP contribution in [0.25, 0.3) is 0 Å². The molecule has 0 aliphatic heterocycles. The van der Waals surface area contributed by atoms with Crippen molar-refractivity contribution in [2.45, 2.75) is 0 Å². The van der Waals surface area contributed by atoms with Crippen LogP contribution in [0.4, 0.5) is 0 Å². The molecule has 0 amide bonds. The van der Waals surface area contributed by atoms with Gasteiger partial charge in [0.2, 0.25) is 0 Å². The van der Waals surface area contributed by atoms with Crippen molar-refractivity contribution in [3.05, 3.63) is 0 Å². The zero-order valence-corrected chi connectivity index (χ0v) is 11.4. The largest absolute Gasteiger partial charge is 0.813 e. The van der Waals surface area contributed by atoms with Gasteiger partial charge in [-0.15, -0.1) is 0 Å². The van der Waals surface area contributed by atoms with Crippen LogP contribution in [0.2, 0.25) is 0 Å². The van der Waals surface area contributed by atoms with E-state index in [4.69, 9.17) is 0 Å². The first-order valence-corrected chi connectivity index (χ1v) is 0. The minimum Gasteiger partial charge on any atom is -0.813 e. The van der Waals surface area contributed by atoms with E-state index in [2.05, 4.69) is 0 Å². The van der Waals surface area contributed by atoms with Crippen LogP contribution in [0.1, 0.15) is 0 Å². The molecule has 7 heteroatoms. The Balaban J connectivity index is 0. The van der Waals surface area contributed by atoms with E-state index in [-0.39, 0.29) is 102 Å².